The van der Waals surface area contributed by atoms with E-state index in [0.29, 0.717) is 0 Å². The molecule has 0 saturated heterocycles. The number of halogens is 1. The minimum Gasteiger partial charge on any atom is -0.306 e. The lowest BCUT2D eigenvalue weighted by Crippen LogP contribution is -2.39. The molecule has 0 aliphatic carbocycles. The van der Waals surface area contributed by atoms with Crippen LogP contribution in [0.2, 0.25) is 5.02 Å². The van der Waals surface area contributed by atoms with Crippen molar-refractivity contribution in [2.45, 2.75) is 4.90 Å². The molecule has 0 aliphatic heterocycles. The second-order valence-corrected chi connectivity index (χ2v) is 6.73. The van der Waals surface area contributed by atoms with E-state index in [9.17, 15) is 18.0 Å². The molecule has 0 amide bonds. The normalized spacial score (nSPS) is 11.7. The minimum absolute atomic E-state index is 0.0200. The Hall–Kier alpha value is -2.38. The number of aromatic amines is 1. The number of benzene rings is 2. The summed E-state index contributed by atoms with van der Waals surface area (Å²) >= 11 is 5.82. The summed E-state index contributed by atoms with van der Waals surface area (Å²) in [6.45, 7) is 0. The van der Waals surface area contributed by atoms with Crippen molar-refractivity contribution in [1.82, 2.24) is 8.96 Å². The molecule has 0 spiro atoms. The first-order chi connectivity index (χ1) is 10.4. The van der Waals surface area contributed by atoms with Gasteiger partial charge in [0.1, 0.15) is 0 Å². The lowest BCUT2D eigenvalue weighted by atomic mass is 10.2. The standard InChI is InChI=1S/C14H9ClN2O4S/c15-9-6-7-12-11(8-9)13(18)17(14(19)16-12)22(20,21)10-4-2-1-3-5-10/h1-8H,(H,16,19). The molecule has 22 heavy (non-hydrogen) atoms. The smallest absolute Gasteiger partial charge is 0.306 e. The van der Waals surface area contributed by atoms with Crippen molar-refractivity contribution in [2.24, 2.45) is 0 Å². The van der Waals surface area contributed by atoms with Crippen LogP contribution in [-0.2, 0) is 10.0 Å². The van der Waals surface area contributed by atoms with Gasteiger partial charge in [-0.15, -0.1) is 3.97 Å². The van der Waals surface area contributed by atoms with Crippen LogP contribution in [0.3, 0.4) is 0 Å². The van der Waals surface area contributed by atoms with Gasteiger partial charge in [-0.25, -0.2) is 13.2 Å². The predicted octanol–water partition coefficient (Wildman–Crippen LogP) is 1.58. The van der Waals surface area contributed by atoms with Crippen LogP contribution in [0.15, 0.2) is 63.0 Å². The summed E-state index contributed by atoms with van der Waals surface area (Å²) in [5.41, 5.74) is -1.74. The summed E-state index contributed by atoms with van der Waals surface area (Å²) in [6.07, 6.45) is 0. The first-order valence-electron chi connectivity index (χ1n) is 6.16. The van der Waals surface area contributed by atoms with Gasteiger partial charge in [-0.05, 0) is 30.3 Å². The Labute approximate surface area is 129 Å². The molecule has 0 aliphatic rings. The topological polar surface area (TPSA) is 89.0 Å². The molecule has 0 unspecified atom stereocenters. The molecule has 3 rings (SSSR count). The van der Waals surface area contributed by atoms with Crippen molar-refractivity contribution in [3.05, 3.63) is 74.4 Å². The molecular formula is C14H9ClN2O4S. The molecular weight excluding hydrogens is 328 g/mol. The van der Waals surface area contributed by atoms with E-state index >= 15 is 0 Å². The summed E-state index contributed by atoms with van der Waals surface area (Å²) < 4.78 is 25.2. The number of rotatable bonds is 2. The molecule has 3 aromatic rings. The van der Waals surface area contributed by atoms with Crippen molar-refractivity contribution in [1.29, 1.82) is 0 Å². The van der Waals surface area contributed by atoms with E-state index in [2.05, 4.69) is 4.98 Å². The zero-order valence-electron chi connectivity index (χ0n) is 11.0. The van der Waals surface area contributed by atoms with Crippen molar-refractivity contribution < 1.29 is 8.42 Å². The van der Waals surface area contributed by atoms with Crippen molar-refractivity contribution in [2.75, 3.05) is 0 Å². The van der Waals surface area contributed by atoms with Gasteiger partial charge in [-0.2, -0.15) is 0 Å². The number of H-pyrrole nitrogens is 1. The van der Waals surface area contributed by atoms with Crippen LogP contribution in [0.25, 0.3) is 10.9 Å². The fourth-order valence-electron chi connectivity index (χ4n) is 2.09. The second kappa shape index (κ2) is 5.11. The van der Waals surface area contributed by atoms with E-state index in [-0.39, 0.29) is 24.8 Å². The summed E-state index contributed by atoms with van der Waals surface area (Å²) in [5.74, 6) is 0. The first kappa shape index (κ1) is 14.6. The quantitative estimate of drug-likeness (QED) is 0.769. The third kappa shape index (κ3) is 2.24. The van der Waals surface area contributed by atoms with Crippen LogP contribution in [0.4, 0.5) is 0 Å². The molecule has 0 bridgehead atoms. The summed E-state index contributed by atoms with van der Waals surface area (Å²) in [4.78, 5) is 26.7. The van der Waals surface area contributed by atoms with Gasteiger partial charge >= 0.3 is 5.69 Å². The van der Waals surface area contributed by atoms with E-state index in [4.69, 9.17) is 11.6 Å². The number of aromatic nitrogens is 2. The minimum atomic E-state index is -4.29. The fraction of sp³-hybridized carbons (Fsp3) is 0. The Morgan fingerprint density at radius 2 is 1.68 bits per heavy atom. The monoisotopic (exact) mass is 336 g/mol. The molecule has 0 fully saturated rings. The van der Waals surface area contributed by atoms with Crippen molar-refractivity contribution >= 4 is 32.5 Å². The Morgan fingerprint density at radius 3 is 2.36 bits per heavy atom. The molecule has 1 heterocycles. The molecule has 0 atom stereocenters. The van der Waals surface area contributed by atoms with Gasteiger partial charge in [0.05, 0.1) is 15.8 Å². The van der Waals surface area contributed by atoms with Gasteiger partial charge in [-0.3, -0.25) is 4.79 Å². The highest BCUT2D eigenvalue weighted by Gasteiger charge is 2.22. The van der Waals surface area contributed by atoms with Gasteiger partial charge in [-0.1, -0.05) is 29.8 Å². The van der Waals surface area contributed by atoms with Crippen LogP contribution < -0.4 is 11.2 Å². The molecule has 1 N–H and O–H groups in total. The average Bonchev–Trinajstić information content (AvgIpc) is 2.49. The Bertz CT molecular complexity index is 1090. The van der Waals surface area contributed by atoms with Gasteiger partial charge in [0.2, 0.25) is 0 Å². The number of hydrogen-bond donors (Lipinski definition) is 1. The molecule has 8 heteroatoms. The molecule has 0 radical (unpaired) electrons. The molecule has 1 aromatic heterocycles. The van der Waals surface area contributed by atoms with Crippen LogP contribution in [0.1, 0.15) is 0 Å². The third-order valence-electron chi connectivity index (χ3n) is 3.10. The molecule has 2 aromatic carbocycles. The van der Waals surface area contributed by atoms with Gasteiger partial charge in [0.25, 0.3) is 15.6 Å². The Balaban J connectivity index is 2.42. The summed E-state index contributed by atoms with van der Waals surface area (Å²) in [6, 6.07) is 11.5. The van der Waals surface area contributed by atoms with Crippen LogP contribution >= 0.6 is 11.6 Å². The van der Waals surface area contributed by atoms with Gasteiger partial charge < -0.3 is 4.98 Å². The van der Waals surface area contributed by atoms with Crippen molar-refractivity contribution in [3.8, 4) is 0 Å². The third-order valence-corrected chi connectivity index (χ3v) is 5.02. The highest BCUT2D eigenvalue weighted by molar-refractivity contribution is 7.90. The molecule has 6 nitrogen and oxygen atoms in total. The van der Waals surface area contributed by atoms with E-state index in [1.807, 2.05) is 0 Å². The second-order valence-electron chi connectivity index (χ2n) is 4.51. The largest absolute Gasteiger partial charge is 0.343 e. The average molecular weight is 337 g/mol. The van der Waals surface area contributed by atoms with Crippen LogP contribution in [0, 0.1) is 0 Å². The number of nitrogens with zero attached hydrogens (tertiary/aromatic N) is 1. The lowest BCUT2D eigenvalue weighted by molar-refractivity contribution is 0.582. The molecule has 112 valence electrons. The van der Waals surface area contributed by atoms with E-state index < -0.39 is 21.3 Å². The number of hydrogen-bond acceptors (Lipinski definition) is 4. The van der Waals surface area contributed by atoms with E-state index in [1.54, 1.807) is 6.07 Å². The highest BCUT2D eigenvalue weighted by Crippen LogP contribution is 2.15. The SMILES string of the molecule is O=c1[nH]c2ccc(Cl)cc2c(=O)n1S(=O)(=O)c1ccccc1. The van der Waals surface area contributed by atoms with Crippen LogP contribution in [0.5, 0.6) is 0 Å². The Morgan fingerprint density at radius 1 is 1.00 bits per heavy atom. The number of fused-ring (bicyclic) bond motifs is 1. The number of nitrogens with one attached hydrogen (secondary N) is 1. The maximum Gasteiger partial charge on any atom is 0.343 e. The van der Waals surface area contributed by atoms with E-state index in [1.165, 1.54) is 42.5 Å². The van der Waals surface area contributed by atoms with Gasteiger partial charge in [0, 0.05) is 5.02 Å². The van der Waals surface area contributed by atoms with Crippen molar-refractivity contribution in [3.63, 3.8) is 0 Å². The predicted molar refractivity (Wildman–Crippen MR) is 82.9 cm³/mol. The maximum absolute atomic E-state index is 12.5. The summed E-state index contributed by atoms with van der Waals surface area (Å²) in [5, 5.41) is 0.284. The highest BCUT2D eigenvalue weighted by atomic mass is 35.5. The lowest BCUT2D eigenvalue weighted by Gasteiger charge is -2.07. The maximum atomic E-state index is 12.5. The van der Waals surface area contributed by atoms with Gasteiger partial charge in [0.15, 0.2) is 0 Å². The first-order valence-corrected chi connectivity index (χ1v) is 7.98. The fourth-order valence-corrected chi connectivity index (χ4v) is 3.55. The Kier molecular flexibility index (Phi) is 3.38. The zero-order chi connectivity index (χ0) is 15.9. The van der Waals surface area contributed by atoms with Crippen LogP contribution in [-0.4, -0.2) is 17.4 Å². The summed E-state index contributed by atoms with van der Waals surface area (Å²) in [7, 11) is -4.29. The van der Waals surface area contributed by atoms with E-state index in [0.717, 1.165) is 0 Å². The molecule has 0 saturated carbocycles. The zero-order valence-corrected chi connectivity index (χ0v) is 12.6.